The van der Waals surface area contributed by atoms with Gasteiger partial charge < -0.3 is 5.11 Å². The molecule has 0 saturated carbocycles. The van der Waals surface area contributed by atoms with E-state index in [1.54, 1.807) is 13.8 Å². The van der Waals surface area contributed by atoms with Crippen LogP contribution in [0, 0.1) is 0 Å². The van der Waals surface area contributed by atoms with Crippen molar-refractivity contribution < 1.29 is 45.0 Å². The van der Waals surface area contributed by atoms with E-state index in [0.29, 0.717) is 19.8 Å². The molecular weight excluding hydrogens is 483 g/mol. The van der Waals surface area contributed by atoms with Crippen molar-refractivity contribution in [2.24, 2.45) is 0 Å². The summed E-state index contributed by atoms with van der Waals surface area (Å²) in [4.78, 5) is 0. The van der Waals surface area contributed by atoms with Crippen LogP contribution in [-0.4, -0.2) is 31.0 Å². The Kier molecular flexibility index (Phi) is 36.8. The van der Waals surface area contributed by atoms with Crippen molar-refractivity contribution in [1.82, 2.24) is 0 Å². The normalized spacial score (nSPS) is 11.3. The molecule has 7 heteroatoms. The molecule has 0 heterocycles. The van der Waals surface area contributed by atoms with Gasteiger partial charge in [0, 0.05) is 27.8 Å². The number of hydrogen-bond acceptors (Lipinski definition) is 5. The maximum absolute atomic E-state index is 13.0. The summed E-state index contributed by atoms with van der Waals surface area (Å²) >= 11 is 0. The molecule has 0 aromatic heterocycles. The molecule has 206 valence electrons. The zero-order valence-electron chi connectivity index (χ0n) is 23.5. The Labute approximate surface area is 228 Å². The molecule has 0 spiro atoms. The number of phosphoric acid groups is 1. The fourth-order valence-electron chi connectivity index (χ4n) is 3.29. The molecule has 0 bridgehead atoms. The molecule has 0 unspecified atom stereocenters. The van der Waals surface area contributed by atoms with Crippen molar-refractivity contribution >= 4 is 7.82 Å². The third kappa shape index (κ3) is 34.9. The van der Waals surface area contributed by atoms with Gasteiger partial charge in [-0.1, -0.05) is 117 Å². The number of phosphoric ester groups is 1. The first-order valence-corrected chi connectivity index (χ1v) is 15.6. The van der Waals surface area contributed by atoms with E-state index in [1.165, 1.54) is 77.0 Å². The first-order valence-electron chi connectivity index (χ1n) is 14.1. The molecule has 0 rings (SSSR count). The average Bonchev–Trinajstić information content (AvgIpc) is 2.77. The molecule has 0 atom stereocenters. The Balaban J connectivity index is -0.00000177. The Morgan fingerprint density at radius 3 is 0.971 bits per heavy atom. The standard InChI is InChI=1S/C24H51O4P.C3H8O.Ti/c1-4-7-10-13-16-19-22-26-29(25,27-23-20-17-14-11-8-5-2)28-24-21-18-15-12-9-6-3;1-3(2)4;/h4-24H2,1-3H3;3-4H,1-2H3;. The summed E-state index contributed by atoms with van der Waals surface area (Å²) in [5.74, 6) is 0. The third-order valence-corrected chi connectivity index (χ3v) is 6.74. The van der Waals surface area contributed by atoms with Gasteiger partial charge in [0.05, 0.1) is 19.8 Å². The summed E-state index contributed by atoms with van der Waals surface area (Å²) in [6, 6.07) is 0. The van der Waals surface area contributed by atoms with Crippen LogP contribution < -0.4 is 0 Å². The molecule has 0 aromatic rings. The second kappa shape index (κ2) is 31.8. The van der Waals surface area contributed by atoms with Crippen LogP contribution in [0.25, 0.3) is 0 Å². The Hall–Kier alpha value is 0.784. The van der Waals surface area contributed by atoms with Gasteiger partial charge in [0.2, 0.25) is 0 Å². The van der Waals surface area contributed by atoms with Crippen molar-refractivity contribution in [1.29, 1.82) is 0 Å². The topological polar surface area (TPSA) is 65.0 Å². The van der Waals surface area contributed by atoms with Crippen molar-refractivity contribution in [3.05, 3.63) is 0 Å². The van der Waals surface area contributed by atoms with E-state index < -0.39 is 7.82 Å². The number of unbranched alkanes of at least 4 members (excludes halogenated alkanes) is 15. The molecule has 0 radical (unpaired) electrons. The summed E-state index contributed by atoms with van der Waals surface area (Å²) in [5, 5.41) is 8.06. The minimum Gasteiger partial charge on any atom is -0.394 e. The Morgan fingerprint density at radius 2 is 0.735 bits per heavy atom. The molecule has 0 aromatic carbocycles. The SMILES string of the molecule is CC(C)O.CCCCCCCCOP(=O)(OCCCCCCCC)OCCCCCCCC.[Ti]. The van der Waals surface area contributed by atoms with E-state index in [4.69, 9.17) is 18.7 Å². The van der Waals surface area contributed by atoms with Crippen LogP contribution in [0.15, 0.2) is 0 Å². The molecule has 0 aliphatic rings. The van der Waals surface area contributed by atoms with Gasteiger partial charge in [-0.2, -0.15) is 0 Å². The van der Waals surface area contributed by atoms with Gasteiger partial charge >= 0.3 is 7.82 Å². The van der Waals surface area contributed by atoms with Gasteiger partial charge in [0.15, 0.2) is 0 Å². The molecular formula is C27H59O5PTi. The number of aliphatic hydroxyl groups excluding tert-OH is 1. The average molecular weight is 543 g/mol. The minimum atomic E-state index is -3.40. The van der Waals surface area contributed by atoms with Gasteiger partial charge in [0.1, 0.15) is 0 Å². The fraction of sp³-hybridized carbons (Fsp3) is 1.00. The van der Waals surface area contributed by atoms with E-state index in [1.807, 2.05) is 0 Å². The van der Waals surface area contributed by atoms with Crippen molar-refractivity contribution in [2.75, 3.05) is 19.8 Å². The number of rotatable bonds is 24. The largest absolute Gasteiger partial charge is 0.474 e. The van der Waals surface area contributed by atoms with Gasteiger partial charge in [-0.05, 0) is 33.1 Å². The van der Waals surface area contributed by atoms with Gasteiger partial charge in [-0.25, -0.2) is 4.57 Å². The smallest absolute Gasteiger partial charge is 0.394 e. The summed E-state index contributed by atoms with van der Waals surface area (Å²) < 4.78 is 29.9. The Morgan fingerprint density at radius 1 is 0.529 bits per heavy atom. The molecule has 1 N–H and O–H groups in total. The quantitative estimate of drug-likeness (QED) is 0.0747. The monoisotopic (exact) mass is 542 g/mol. The second-order valence-corrected chi connectivity index (χ2v) is 11.0. The van der Waals surface area contributed by atoms with Crippen LogP contribution in [0.2, 0.25) is 0 Å². The first-order chi connectivity index (χ1) is 15.9. The summed E-state index contributed by atoms with van der Waals surface area (Å²) in [6.07, 6.45) is 21.1. The predicted octanol–water partition coefficient (Wildman–Crippen LogP) is 9.61. The van der Waals surface area contributed by atoms with E-state index in [2.05, 4.69) is 20.8 Å². The van der Waals surface area contributed by atoms with Crippen LogP contribution in [-0.2, 0) is 39.9 Å². The zero-order valence-corrected chi connectivity index (χ0v) is 25.9. The second-order valence-electron chi connectivity index (χ2n) is 9.34. The molecule has 0 fully saturated rings. The Bertz CT molecular complexity index is 355. The van der Waals surface area contributed by atoms with E-state index in [0.717, 1.165) is 38.5 Å². The molecule has 0 saturated heterocycles. The van der Waals surface area contributed by atoms with Crippen LogP contribution in [0.4, 0.5) is 0 Å². The first kappa shape index (κ1) is 39.3. The van der Waals surface area contributed by atoms with Gasteiger partial charge in [-0.3, -0.25) is 13.6 Å². The van der Waals surface area contributed by atoms with Crippen LogP contribution in [0.5, 0.6) is 0 Å². The summed E-state index contributed by atoms with van der Waals surface area (Å²) in [6.45, 7) is 11.5. The number of aliphatic hydroxyl groups is 1. The van der Waals surface area contributed by atoms with E-state index in [-0.39, 0.29) is 27.8 Å². The molecule has 0 aliphatic heterocycles. The van der Waals surface area contributed by atoms with Crippen molar-refractivity contribution in [2.45, 2.75) is 156 Å². The third-order valence-electron chi connectivity index (χ3n) is 5.24. The van der Waals surface area contributed by atoms with Gasteiger partial charge in [-0.15, -0.1) is 0 Å². The van der Waals surface area contributed by atoms with Crippen LogP contribution >= 0.6 is 7.82 Å². The fourth-order valence-corrected chi connectivity index (χ4v) is 4.57. The summed E-state index contributed by atoms with van der Waals surface area (Å²) in [5.41, 5.74) is 0. The minimum absolute atomic E-state index is 0. The predicted molar refractivity (Wildman–Crippen MR) is 143 cm³/mol. The zero-order chi connectivity index (χ0) is 25.0. The van der Waals surface area contributed by atoms with Gasteiger partial charge in [0.25, 0.3) is 0 Å². The van der Waals surface area contributed by atoms with Crippen molar-refractivity contribution in [3.8, 4) is 0 Å². The van der Waals surface area contributed by atoms with Crippen molar-refractivity contribution in [3.63, 3.8) is 0 Å². The van der Waals surface area contributed by atoms with E-state index in [9.17, 15) is 4.57 Å². The maximum atomic E-state index is 13.0. The van der Waals surface area contributed by atoms with E-state index >= 15 is 0 Å². The van der Waals surface area contributed by atoms with Crippen LogP contribution in [0.3, 0.4) is 0 Å². The molecule has 34 heavy (non-hydrogen) atoms. The number of hydrogen-bond donors (Lipinski definition) is 1. The maximum Gasteiger partial charge on any atom is 0.474 e. The summed E-state index contributed by atoms with van der Waals surface area (Å²) in [7, 11) is -3.40. The molecule has 5 nitrogen and oxygen atoms in total. The molecule has 0 aliphatic carbocycles. The molecule has 0 amide bonds. The van der Waals surface area contributed by atoms with Crippen LogP contribution in [0.1, 0.15) is 150 Å².